The van der Waals surface area contributed by atoms with Crippen molar-refractivity contribution in [1.29, 1.82) is 0 Å². The van der Waals surface area contributed by atoms with Gasteiger partial charge in [-0.3, -0.25) is 24.4 Å². The smallest absolute Gasteiger partial charge is 0.307 e. The number of halogens is 1. The predicted octanol–water partition coefficient (Wildman–Crippen LogP) is 10.5. The molecule has 10 heteroatoms. The third-order valence-corrected chi connectivity index (χ3v) is 16.7. The number of hydrogen-bond donors (Lipinski definition) is 0. The summed E-state index contributed by atoms with van der Waals surface area (Å²) in [5.41, 5.74) is 2.28. The minimum atomic E-state index is -0.742. The molecule has 7 unspecified atom stereocenters. The maximum Gasteiger partial charge on any atom is 0.307 e. The number of carbonyl (C=O) groups is 4. The minimum Gasteiger partial charge on any atom is -0.497 e. The van der Waals surface area contributed by atoms with E-state index in [-0.39, 0.29) is 57.4 Å². The van der Waals surface area contributed by atoms with Crippen LogP contribution in [-0.4, -0.2) is 81.7 Å². The molecule has 334 valence electrons. The van der Waals surface area contributed by atoms with E-state index >= 15 is 0 Å². The number of Topliss-reactive ketones (excluding diaryl/α,β-unsaturated/α-hetero) is 1. The van der Waals surface area contributed by atoms with Gasteiger partial charge in [-0.25, -0.2) is 0 Å². The summed E-state index contributed by atoms with van der Waals surface area (Å²) < 4.78 is 11.5. The van der Waals surface area contributed by atoms with Crippen molar-refractivity contribution in [2.75, 3.05) is 46.4 Å². The van der Waals surface area contributed by atoms with Gasteiger partial charge in [0.25, 0.3) is 0 Å². The van der Waals surface area contributed by atoms with Gasteiger partial charge >= 0.3 is 5.97 Å². The van der Waals surface area contributed by atoms with Crippen molar-refractivity contribution in [3.05, 3.63) is 46.1 Å². The molecule has 1 aromatic carbocycles. The number of ether oxygens (including phenoxy) is 2. The third kappa shape index (κ3) is 8.61. The molecule has 8 atom stereocenters. The van der Waals surface area contributed by atoms with Crippen molar-refractivity contribution in [2.24, 2.45) is 50.7 Å². The number of hydrogen-bond acceptors (Lipinski definition) is 9. The SMILES string of the molecule is CCC(CCC1(C)C(C)CCC2(C)C1CCC1C3=C(C(C)C)C(=O)CC3(/C(=C(\Cl)C=O)N(CCN(C)C)N(C)c3ccc(OC)cc3)CC[C@]12C)OC(=O)CC(C)(C)C=O. The van der Waals surface area contributed by atoms with E-state index in [2.05, 4.69) is 63.4 Å². The lowest BCUT2D eigenvalue weighted by atomic mass is 9.35. The first-order valence-corrected chi connectivity index (χ1v) is 23.1. The summed E-state index contributed by atoms with van der Waals surface area (Å²) >= 11 is 7.26. The molecule has 0 bridgehead atoms. The van der Waals surface area contributed by atoms with Crippen LogP contribution in [0.15, 0.2) is 46.1 Å². The first kappa shape index (κ1) is 47.9. The Balaban J connectivity index is 1.57. The number of rotatable bonds is 18. The zero-order valence-electron chi connectivity index (χ0n) is 39.2. The van der Waals surface area contributed by atoms with Gasteiger partial charge in [0.15, 0.2) is 12.1 Å². The fraction of sp³-hybridized carbons (Fsp3) is 0.720. The molecule has 60 heavy (non-hydrogen) atoms. The second kappa shape index (κ2) is 18.3. The summed E-state index contributed by atoms with van der Waals surface area (Å²) in [6, 6.07) is 7.92. The van der Waals surface area contributed by atoms with Crippen molar-refractivity contribution < 1.29 is 28.7 Å². The van der Waals surface area contributed by atoms with Gasteiger partial charge in [0.1, 0.15) is 23.2 Å². The third-order valence-electron chi connectivity index (χ3n) is 16.5. The first-order chi connectivity index (χ1) is 28.1. The topological polar surface area (TPSA) is 96.5 Å². The van der Waals surface area contributed by atoms with Gasteiger partial charge in [0, 0.05) is 30.8 Å². The number of likely N-dealkylation sites (N-methyl/N-ethyl adjacent to an activating group) is 1. The molecule has 0 aromatic heterocycles. The van der Waals surface area contributed by atoms with Crippen LogP contribution in [0.3, 0.4) is 0 Å². The Labute approximate surface area is 367 Å². The first-order valence-electron chi connectivity index (χ1n) is 22.7. The van der Waals surface area contributed by atoms with Crippen LogP contribution in [0.4, 0.5) is 5.69 Å². The maximum atomic E-state index is 14.7. The average Bonchev–Trinajstić information content (AvgIpc) is 3.51. The molecular weight excluding hydrogens is 774 g/mol. The van der Waals surface area contributed by atoms with Gasteiger partial charge in [-0.15, -0.1) is 0 Å². The Hall–Kier alpha value is -3.17. The number of nitrogens with zero attached hydrogens (tertiary/aromatic N) is 3. The zero-order valence-corrected chi connectivity index (χ0v) is 40.0. The van der Waals surface area contributed by atoms with E-state index in [0.29, 0.717) is 31.3 Å². The van der Waals surface area contributed by atoms with E-state index in [1.807, 2.05) is 45.4 Å². The Kier molecular flexibility index (Phi) is 14.6. The number of hydrazine groups is 1. The molecule has 9 nitrogen and oxygen atoms in total. The van der Waals surface area contributed by atoms with Crippen LogP contribution in [0.2, 0.25) is 0 Å². The van der Waals surface area contributed by atoms with E-state index < -0.39 is 10.8 Å². The standard InChI is InChI=1S/C50H76ClN3O6/c1-14-36(60-42(58)30-46(5,6)32-56)22-23-47(7)34(4)21-24-49(9)41(47)20-19-38-44-43(33(2)3)40(57)29-50(44,26-25-48(38,49)8)45(39(51)31-55)54(28-27-52(10)11)53(12)35-15-17-37(59-13)18-16-35/h15-18,31-34,36,38,41H,14,19-30H2,1-13H3/b45-39+/t34?,36?,38?,41?,47?,48-,49?,50?/m1/s1. The molecule has 4 aliphatic rings. The zero-order chi connectivity index (χ0) is 44.6. The van der Waals surface area contributed by atoms with Gasteiger partial charge < -0.3 is 19.2 Å². The normalized spacial score (nSPS) is 31.2. The highest BCUT2D eigenvalue weighted by atomic mass is 35.5. The monoisotopic (exact) mass is 850 g/mol. The average molecular weight is 851 g/mol. The van der Waals surface area contributed by atoms with E-state index in [9.17, 15) is 19.2 Å². The molecule has 0 aliphatic heterocycles. The lowest BCUT2D eigenvalue weighted by Gasteiger charge is -2.70. The van der Waals surface area contributed by atoms with Gasteiger partial charge in [-0.05, 0) is 147 Å². The van der Waals surface area contributed by atoms with Crippen LogP contribution < -0.4 is 9.75 Å². The van der Waals surface area contributed by atoms with E-state index in [1.54, 1.807) is 21.0 Å². The summed E-state index contributed by atoms with van der Waals surface area (Å²) in [6.07, 6.45) is 10.2. The van der Waals surface area contributed by atoms with Crippen molar-refractivity contribution in [1.82, 2.24) is 9.91 Å². The van der Waals surface area contributed by atoms with Crippen LogP contribution >= 0.6 is 11.6 Å². The highest BCUT2D eigenvalue weighted by Gasteiger charge is 2.68. The number of fused-ring (bicyclic) bond motifs is 5. The number of esters is 1. The summed E-state index contributed by atoms with van der Waals surface area (Å²) in [6.45, 7) is 21.2. The summed E-state index contributed by atoms with van der Waals surface area (Å²) in [5.74, 6) is 1.75. The lowest BCUT2D eigenvalue weighted by Crippen LogP contribution is -2.62. The molecule has 0 heterocycles. The predicted molar refractivity (Wildman–Crippen MR) is 242 cm³/mol. The Morgan fingerprint density at radius 3 is 2.22 bits per heavy atom. The molecule has 0 saturated heterocycles. The van der Waals surface area contributed by atoms with Gasteiger partial charge in [0.2, 0.25) is 0 Å². The van der Waals surface area contributed by atoms with Crippen LogP contribution in [-0.2, 0) is 23.9 Å². The second-order valence-electron chi connectivity index (χ2n) is 20.9. The quantitative estimate of drug-likeness (QED) is 0.0619. The number of ketones is 1. The van der Waals surface area contributed by atoms with Crippen molar-refractivity contribution >= 4 is 41.6 Å². The maximum absolute atomic E-state index is 14.7. The van der Waals surface area contributed by atoms with E-state index in [0.717, 1.165) is 93.1 Å². The minimum absolute atomic E-state index is 0.0146. The lowest BCUT2D eigenvalue weighted by molar-refractivity contribution is -0.186. The molecule has 0 radical (unpaired) electrons. The van der Waals surface area contributed by atoms with Crippen LogP contribution in [0.25, 0.3) is 0 Å². The van der Waals surface area contributed by atoms with Crippen molar-refractivity contribution in [2.45, 2.75) is 139 Å². The number of aldehydes is 2. The molecule has 0 N–H and O–H groups in total. The molecule has 3 saturated carbocycles. The number of methoxy groups -OCH3 is 1. The number of benzene rings is 1. The molecule has 0 amide bonds. The molecule has 3 fully saturated rings. The highest BCUT2D eigenvalue weighted by molar-refractivity contribution is 6.39. The number of anilines is 1. The molecule has 0 spiro atoms. The summed E-state index contributed by atoms with van der Waals surface area (Å²) in [7, 11) is 7.77. The van der Waals surface area contributed by atoms with Gasteiger partial charge in [-0.2, -0.15) is 0 Å². The second-order valence-corrected chi connectivity index (χ2v) is 21.3. The van der Waals surface area contributed by atoms with Crippen LogP contribution in [0.5, 0.6) is 5.75 Å². The highest BCUT2D eigenvalue weighted by Crippen LogP contribution is 2.76. The summed E-state index contributed by atoms with van der Waals surface area (Å²) in [5, 5.41) is 4.44. The Morgan fingerprint density at radius 2 is 1.65 bits per heavy atom. The fourth-order valence-corrected chi connectivity index (χ4v) is 12.9. The molecule has 1 aromatic rings. The fourth-order valence-electron chi connectivity index (χ4n) is 12.6. The molecular formula is C50H76ClN3O6. The Bertz CT molecular complexity index is 1820. The van der Waals surface area contributed by atoms with Crippen LogP contribution in [0, 0.1) is 50.7 Å². The van der Waals surface area contributed by atoms with Gasteiger partial charge in [-0.1, -0.05) is 73.9 Å². The molecule has 5 rings (SSSR count). The number of allylic oxidation sites excluding steroid dienone is 3. The van der Waals surface area contributed by atoms with E-state index in [1.165, 1.54) is 5.57 Å². The Morgan fingerprint density at radius 1 is 0.983 bits per heavy atom. The van der Waals surface area contributed by atoms with E-state index in [4.69, 9.17) is 21.1 Å². The van der Waals surface area contributed by atoms with Gasteiger partial charge in [0.05, 0.1) is 31.5 Å². The van der Waals surface area contributed by atoms with Crippen LogP contribution in [0.1, 0.15) is 133 Å². The van der Waals surface area contributed by atoms with Crippen molar-refractivity contribution in [3.8, 4) is 5.75 Å². The largest absolute Gasteiger partial charge is 0.497 e. The molecule has 4 aliphatic carbocycles. The van der Waals surface area contributed by atoms with Crippen molar-refractivity contribution in [3.63, 3.8) is 0 Å². The number of carbonyl (C=O) groups excluding carboxylic acids is 4. The summed E-state index contributed by atoms with van der Waals surface area (Å²) in [4.78, 5) is 54.5.